The first-order chi connectivity index (χ1) is 6.90. The minimum absolute atomic E-state index is 0.592. The molecular weight excluding hydrogens is 198 g/mol. The molecule has 0 N–H and O–H groups in total. The van der Waals surface area contributed by atoms with Gasteiger partial charge in [-0.3, -0.25) is 0 Å². The number of rotatable bonds is 2. The third-order valence-corrected chi connectivity index (χ3v) is 3.01. The molecule has 14 heavy (non-hydrogen) atoms. The number of piperidine rings is 1. The third-order valence-electron chi connectivity index (χ3n) is 2.57. The summed E-state index contributed by atoms with van der Waals surface area (Å²) in [7, 11) is 0. The molecule has 0 bridgehead atoms. The van der Waals surface area contributed by atoms with Crippen LogP contribution in [0.25, 0.3) is 0 Å². The molecule has 0 saturated carbocycles. The largest absolute Gasteiger partial charge is 0.341 e. The number of aromatic nitrogens is 2. The average Bonchev–Trinajstić information content (AvgIpc) is 2.30. The molecule has 76 valence electrons. The van der Waals surface area contributed by atoms with Crippen molar-refractivity contribution in [3.05, 3.63) is 18.5 Å². The zero-order chi connectivity index (χ0) is 9.80. The van der Waals surface area contributed by atoms with Gasteiger partial charge in [0.05, 0.1) is 0 Å². The first kappa shape index (κ1) is 9.71. The summed E-state index contributed by atoms with van der Waals surface area (Å²) < 4.78 is 0. The number of hydrogen-bond acceptors (Lipinski definition) is 3. The van der Waals surface area contributed by atoms with Crippen LogP contribution in [0, 0.1) is 5.92 Å². The molecule has 1 saturated heterocycles. The van der Waals surface area contributed by atoms with Crippen molar-refractivity contribution in [3.63, 3.8) is 0 Å². The molecule has 0 radical (unpaired) electrons. The van der Waals surface area contributed by atoms with Crippen LogP contribution in [0.4, 0.5) is 5.95 Å². The van der Waals surface area contributed by atoms with Crippen LogP contribution < -0.4 is 4.90 Å². The summed E-state index contributed by atoms with van der Waals surface area (Å²) in [6.45, 7) is 2.05. The van der Waals surface area contributed by atoms with E-state index in [1.165, 1.54) is 12.8 Å². The summed E-state index contributed by atoms with van der Waals surface area (Å²) in [6, 6.07) is 1.84. The molecule has 1 aliphatic heterocycles. The van der Waals surface area contributed by atoms with Crippen LogP contribution in [0.5, 0.6) is 0 Å². The Balaban J connectivity index is 2.04. The molecule has 0 unspecified atom stereocenters. The first-order valence-corrected chi connectivity index (χ1v) is 5.51. The lowest BCUT2D eigenvalue weighted by molar-refractivity contribution is 0.446. The van der Waals surface area contributed by atoms with Crippen LogP contribution in [-0.4, -0.2) is 28.9 Å². The minimum atomic E-state index is 0.592. The summed E-state index contributed by atoms with van der Waals surface area (Å²) in [4.78, 5) is 10.7. The molecule has 2 rings (SSSR count). The second-order valence-corrected chi connectivity index (χ2v) is 3.97. The van der Waals surface area contributed by atoms with Gasteiger partial charge in [-0.1, -0.05) is 0 Å². The fourth-order valence-electron chi connectivity index (χ4n) is 1.83. The van der Waals surface area contributed by atoms with Crippen molar-refractivity contribution in [1.82, 2.24) is 9.97 Å². The second kappa shape index (κ2) is 4.60. The van der Waals surface area contributed by atoms with E-state index in [2.05, 4.69) is 14.9 Å². The van der Waals surface area contributed by atoms with E-state index < -0.39 is 0 Å². The van der Waals surface area contributed by atoms with Crippen LogP contribution in [0.2, 0.25) is 0 Å². The molecule has 0 spiro atoms. The Morgan fingerprint density at radius 1 is 1.43 bits per heavy atom. The van der Waals surface area contributed by atoms with E-state index in [0.717, 1.165) is 24.9 Å². The van der Waals surface area contributed by atoms with Crippen LogP contribution >= 0.6 is 11.6 Å². The number of halogens is 1. The summed E-state index contributed by atoms with van der Waals surface area (Å²) in [5, 5.41) is 0. The van der Waals surface area contributed by atoms with Crippen molar-refractivity contribution in [2.75, 3.05) is 23.9 Å². The van der Waals surface area contributed by atoms with Gasteiger partial charge >= 0.3 is 0 Å². The van der Waals surface area contributed by atoms with Crippen molar-refractivity contribution >= 4 is 17.5 Å². The first-order valence-electron chi connectivity index (χ1n) is 4.98. The fourth-order valence-corrected chi connectivity index (χ4v) is 2.08. The molecule has 1 aromatic rings. The van der Waals surface area contributed by atoms with Gasteiger partial charge in [0.15, 0.2) is 0 Å². The maximum atomic E-state index is 5.87. The molecule has 3 nitrogen and oxygen atoms in total. The Kier molecular flexibility index (Phi) is 3.19. The molecule has 1 atom stereocenters. The molecule has 0 aliphatic carbocycles. The van der Waals surface area contributed by atoms with Crippen LogP contribution in [0.3, 0.4) is 0 Å². The summed E-state index contributed by atoms with van der Waals surface area (Å²) >= 11 is 5.87. The second-order valence-electron chi connectivity index (χ2n) is 3.66. The van der Waals surface area contributed by atoms with Crippen molar-refractivity contribution in [1.29, 1.82) is 0 Å². The number of anilines is 1. The molecule has 1 aliphatic rings. The van der Waals surface area contributed by atoms with Crippen LogP contribution in [0.1, 0.15) is 12.8 Å². The molecule has 0 amide bonds. The van der Waals surface area contributed by atoms with Gasteiger partial charge in [0.2, 0.25) is 5.95 Å². The number of alkyl halides is 1. The topological polar surface area (TPSA) is 29.0 Å². The van der Waals surface area contributed by atoms with E-state index in [4.69, 9.17) is 11.6 Å². The van der Waals surface area contributed by atoms with E-state index in [1.54, 1.807) is 12.4 Å². The highest BCUT2D eigenvalue weighted by molar-refractivity contribution is 6.18. The van der Waals surface area contributed by atoms with E-state index >= 15 is 0 Å². The predicted octanol–water partition coefficient (Wildman–Crippen LogP) is 1.93. The zero-order valence-corrected chi connectivity index (χ0v) is 8.82. The SMILES string of the molecule is ClC[C@H]1CCCN(c2ncccn2)C1. The Morgan fingerprint density at radius 3 is 2.93 bits per heavy atom. The van der Waals surface area contributed by atoms with Gasteiger partial charge in [0, 0.05) is 31.4 Å². The van der Waals surface area contributed by atoms with Gasteiger partial charge in [-0.15, -0.1) is 11.6 Å². The molecule has 2 heterocycles. The monoisotopic (exact) mass is 211 g/mol. The zero-order valence-electron chi connectivity index (χ0n) is 8.06. The Labute approximate surface area is 89.1 Å². The van der Waals surface area contributed by atoms with Crippen LogP contribution in [-0.2, 0) is 0 Å². The molecule has 0 aromatic carbocycles. The lowest BCUT2D eigenvalue weighted by Gasteiger charge is -2.31. The number of hydrogen-bond donors (Lipinski definition) is 0. The number of nitrogens with zero attached hydrogens (tertiary/aromatic N) is 3. The van der Waals surface area contributed by atoms with Gasteiger partial charge in [0.25, 0.3) is 0 Å². The third kappa shape index (κ3) is 2.15. The minimum Gasteiger partial charge on any atom is -0.341 e. The summed E-state index contributed by atoms with van der Waals surface area (Å²) in [5.74, 6) is 2.17. The molecule has 4 heteroatoms. The van der Waals surface area contributed by atoms with Gasteiger partial charge < -0.3 is 4.90 Å². The van der Waals surface area contributed by atoms with Crippen LogP contribution in [0.15, 0.2) is 18.5 Å². The van der Waals surface area contributed by atoms with Gasteiger partial charge in [-0.05, 0) is 24.8 Å². The van der Waals surface area contributed by atoms with Crippen molar-refractivity contribution in [3.8, 4) is 0 Å². The molecular formula is C10H14ClN3. The maximum Gasteiger partial charge on any atom is 0.225 e. The summed E-state index contributed by atoms with van der Waals surface area (Å²) in [5.41, 5.74) is 0. The van der Waals surface area contributed by atoms with Crippen molar-refractivity contribution in [2.24, 2.45) is 5.92 Å². The molecule has 1 aromatic heterocycles. The summed E-state index contributed by atoms with van der Waals surface area (Å²) in [6.07, 6.45) is 5.99. The van der Waals surface area contributed by atoms with E-state index in [0.29, 0.717) is 5.92 Å². The fraction of sp³-hybridized carbons (Fsp3) is 0.600. The van der Waals surface area contributed by atoms with E-state index in [-0.39, 0.29) is 0 Å². The Morgan fingerprint density at radius 2 is 2.21 bits per heavy atom. The predicted molar refractivity (Wildman–Crippen MR) is 57.7 cm³/mol. The Hall–Kier alpha value is -0.830. The lowest BCUT2D eigenvalue weighted by Crippen LogP contribution is -2.37. The van der Waals surface area contributed by atoms with Gasteiger partial charge in [-0.2, -0.15) is 0 Å². The van der Waals surface area contributed by atoms with Crippen molar-refractivity contribution < 1.29 is 0 Å². The highest BCUT2D eigenvalue weighted by atomic mass is 35.5. The van der Waals surface area contributed by atoms with E-state index in [1.807, 2.05) is 6.07 Å². The maximum absolute atomic E-state index is 5.87. The highest BCUT2D eigenvalue weighted by Gasteiger charge is 2.20. The standard InChI is InChI=1S/C10H14ClN3/c11-7-9-3-1-6-14(8-9)10-12-4-2-5-13-10/h2,4-5,9H,1,3,6-8H2/t9-/m1/s1. The van der Waals surface area contributed by atoms with Crippen molar-refractivity contribution in [2.45, 2.75) is 12.8 Å². The molecule has 1 fully saturated rings. The smallest absolute Gasteiger partial charge is 0.225 e. The van der Waals surface area contributed by atoms with E-state index in [9.17, 15) is 0 Å². The lowest BCUT2D eigenvalue weighted by atomic mass is 10.0. The van der Waals surface area contributed by atoms with Gasteiger partial charge in [-0.25, -0.2) is 9.97 Å². The normalized spacial score (nSPS) is 22.4. The van der Waals surface area contributed by atoms with Gasteiger partial charge in [0.1, 0.15) is 0 Å². The quantitative estimate of drug-likeness (QED) is 0.701. The average molecular weight is 212 g/mol. The highest BCUT2D eigenvalue weighted by Crippen LogP contribution is 2.20. The Bertz CT molecular complexity index is 278.